The van der Waals surface area contributed by atoms with E-state index in [2.05, 4.69) is 15.2 Å². The van der Waals surface area contributed by atoms with Gasteiger partial charge in [-0.3, -0.25) is 9.89 Å². The van der Waals surface area contributed by atoms with E-state index >= 15 is 0 Å². The van der Waals surface area contributed by atoms with Crippen LogP contribution in [0.5, 0.6) is 11.5 Å². The number of hydrogen-bond donors (Lipinski definition) is 3. The van der Waals surface area contributed by atoms with Gasteiger partial charge in [0, 0.05) is 13.6 Å². The highest BCUT2D eigenvalue weighted by molar-refractivity contribution is 5.90. The van der Waals surface area contributed by atoms with Gasteiger partial charge < -0.3 is 20.5 Å². The number of anilines is 1. The molecule has 8 nitrogen and oxygen atoms in total. The predicted octanol–water partition coefficient (Wildman–Crippen LogP) is 0.373. The Morgan fingerprint density at radius 2 is 2.30 bits per heavy atom. The number of nitrogens with one attached hydrogen (secondary N) is 1. The lowest BCUT2D eigenvalue weighted by atomic mass is 10.2. The lowest BCUT2D eigenvalue weighted by Crippen LogP contribution is -2.27. The first kappa shape index (κ1) is 13.7. The number of benzene rings is 1. The monoisotopic (exact) mass is 277 g/mol. The molecular weight excluding hydrogens is 262 g/mol. The molecule has 20 heavy (non-hydrogen) atoms. The van der Waals surface area contributed by atoms with Crippen LogP contribution in [0.15, 0.2) is 18.2 Å². The number of nitrogen functional groups attached to an aromatic ring is 1. The largest absolute Gasteiger partial charge is 0.504 e. The van der Waals surface area contributed by atoms with Gasteiger partial charge in [-0.25, -0.2) is 0 Å². The molecule has 8 heteroatoms. The molecule has 0 fully saturated rings. The summed E-state index contributed by atoms with van der Waals surface area (Å²) in [6.45, 7) is 0.329. The van der Waals surface area contributed by atoms with Crippen LogP contribution in [0.1, 0.15) is 16.2 Å². The number of phenolic OH excluding ortho intramolecular Hbond substituents is 1. The van der Waals surface area contributed by atoms with Crippen molar-refractivity contribution >= 4 is 11.9 Å². The van der Waals surface area contributed by atoms with Gasteiger partial charge in [0.25, 0.3) is 5.91 Å². The number of hydrogen-bond acceptors (Lipinski definition) is 6. The summed E-state index contributed by atoms with van der Waals surface area (Å²) in [5.41, 5.74) is 6.16. The molecule has 4 N–H and O–H groups in total. The number of aromatic nitrogens is 3. The van der Waals surface area contributed by atoms with Gasteiger partial charge in [-0.05, 0) is 17.7 Å². The molecule has 0 aliphatic heterocycles. The van der Waals surface area contributed by atoms with Crippen LogP contribution in [0, 0.1) is 0 Å². The molecule has 1 amide bonds. The zero-order valence-corrected chi connectivity index (χ0v) is 11.1. The third-order valence-electron chi connectivity index (χ3n) is 2.72. The minimum atomic E-state index is -0.332. The van der Waals surface area contributed by atoms with Crippen LogP contribution in [-0.2, 0) is 6.54 Å². The van der Waals surface area contributed by atoms with E-state index in [0.29, 0.717) is 12.3 Å². The normalized spacial score (nSPS) is 10.3. The number of aromatic amines is 1. The van der Waals surface area contributed by atoms with Gasteiger partial charge in [0.05, 0.1) is 7.11 Å². The summed E-state index contributed by atoms with van der Waals surface area (Å²) < 4.78 is 5.02. The van der Waals surface area contributed by atoms with E-state index in [-0.39, 0.29) is 23.4 Å². The van der Waals surface area contributed by atoms with E-state index in [1.54, 1.807) is 19.2 Å². The Morgan fingerprint density at radius 1 is 1.55 bits per heavy atom. The molecule has 0 unspecified atom stereocenters. The fourth-order valence-electron chi connectivity index (χ4n) is 1.72. The molecule has 0 spiro atoms. The van der Waals surface area contributed by atoms with Gasteiger partial charge in [-0.1, -0.05) is 6.07 Å². The van der Waals surface area contributed by atoms with Crippen LogP contribution in [0.4, 0.5) is 5.95 Å². The Labute approximate surface area is 115 Å². The van der Waals surface area contributed by atoms with Gasteiger partial charge >= 0.3 is 0 Å². The quantitative estimate of drug-likeness (QED) is 0.743. The van der Waals surface area contributed by atoms with Crippen molar-refractivity contribution < 1.29 is 14.6 Å². The molecule has 106 valence electrons. The molecular formula is C12H15N5O3. The van der Waals surface area contributed by atoms with Crippen molar-refractivity contribution in [3.8, 4) is 11.5 Å². The lowest BCUT2D eigenvalue weighted by molar-refractivity contribution is 0.0773. The minimum Gasteiger partial charge on any atom is -0.504 e. The molecule has 2 aromatic rings. The Kier molecular flexibility index (Phi) is 3.74. The number of nitrogens with two attached hydrogens (primary N) is 1. The number of phenols is 1. The summed E-state index contributed by atoms with van der Waals surface area (Å²) >= 11 is 0. The van der Waals surface area contributed by atoms with E-state index in [9.17, 15) is 9.90 Å². The number of carbonyl (C=O) groups is 1. The summed E-state index contributed by atoms with van der Waals surface area (Å²) in [7, 11) is 3.09. The smallest absolute Gasteiger partial charge is 0.291 e. The van der Waals surface area contributed by atoms with Crippen LogP contribution in [-0.4, -0.2) is 45.3 Å². The molecule has 0 atom stereocenters. The summed E-state index contributed by atoms with van der Waals surface area (Å²) in [5, 5.41) is 15.6. The first-order valence-corrected chi connectivity index (χ1v) is 5.80. The van der Waals surface area contributed by atoms with Gasteiger partial charge in [0.15, 0.2) is 11.5 Å². The van der Waals surface area contributed by atoms with E-state index < -0.39 is 0 Å². The van der Waals surface area contributed by atoms with E-state index in [1.807, 2.05) is 0 Å². The maximum atomic E-state index is 12.0. The SMILES string of the molecule is COc1cc(CN(C)C(=O)c2nc(N)n[nH]2)ccc1O. The number of carbonyl (C=O) groups excluding carboxylic acids is 1. The highest BCUT2D eigenvalue weighted by Crippen LogP contribution is 2.26. The van der Waals surface area contributed by atoms with E-state index in [1.165, 1.54) is 18.1 Å². The second kappa shape index (κ2) is 5.47. The van der Waals surface area contributed by atoms with Crippen molar-refractivity contribution in [2.24, 2.45) is 0 Å². The molecule has 0 radical (unpaired) electrons. The third kappa shape index (κ3) is 2.79. The highest BCUT2D eigenvalue weighted by Gasteiger charge is 2.16. The van der Waals surface area contributed by atoms with Gasteiger partial charge in [-0.15, -0.1) is 5.10 Å². The summed E-state index contributed by atoms with van der Waals surface area (Å²) in [4.78, 5) is 17.3. The van der Waals surface area contributed by atoms with Crippen molar-refractivity contribution in [1.82, 2.24) is 20.1 Å². The summed E-state index contributed by atoms with van der Waals surface area (Å²) in [6, 6.07) is 4.88. The van der Waals surface area contributed by atoms with Gasteiger partial charge in [0.1, 0.15) is 0 Å². The van der Waals surface area contributed by atoms with Gasteiger partial charge in [0.2, 0.25) is 11.8 Å². The molecule has 1 heterocycles. The first-order chi connectivity index (χ1) is 9.51. The number of H-pyrrole nitrogens is 1. The molecule has 0 saturated heterocycles. The second-order valence-corrected chi connectivity index (χ2v) is 4.21. The Hall–Kier alpha value is -2.77. The molecule has 1 aromatic carbocycles. The topological polar surface area (TPSA) is 117 Å². The summed E-state index contributed by atoms with van der Waals surface area (Å²) in [5.74, 6) is 0.172. The van der Waals surface area contributed by atoms with Gasteiger partial charge in [-0.2, -0.15) is 4.98 Å². The lowest BCUT2D eigenvalue weighted by Gasteiger charge is -2.16. The van der Waals surface area contributed by atoms with E-state index in [4.69, 9.17) is 10.5 Å². The third-order valence-corrected chi connectivity index (χ3v) is 2.72. The number of methoxy groups -OCH3 is 1. The second-order valence-electron chi connectivity index (χ2n) is 4.21. The maximum absolute atomic E-state index is 12.0. The molecule has 0 aliphatic carbocycles. The average molecular weight is 277 g/mol. The van der Waals surface area contributed by atoms with Crippen LogP contribution < -0.4 is 10.5 Å². The Morgan fingerprint density at radius 3 is 2.90 bits per heavy atom. The standard InChI is InChI=1S/C12H15N5O3/c1-17(11(19)10-14-12(13)16-15-10)6-7-3-4-8(18)9(5-7)20-2/h3-5,18H,6H2,1-2H3,(H3,13,14,15,16). The van der Waals surface area contributed by atoms with Crippen molar-refractivity contribution in [1.29, 1.82) is 0 Å². The summed E-state index contributed by atoms with van der Waals surface area (Å²) in [6.07, 6.45) is 0. The zero-order valence-electron chi connectivity index (χ0n) is 11.1. The predicted molar refractivity (Wildman–Crippen MR) is 71.3 cm³/mol. The molecule has 0 aliphatic rings. The molecule has 1 aromatic heterocycles. The Balaban J connectivity index is 2.11. The van der Waals surface area contributed by atoms with Crippen LogP contribution in [0.25, 0.3) is 0 Å². The van der Waals surface area contributed by atoms with Crippen molar-refractivity contribution in [2.45, 2.75) is 6.54 Å². The molecule has 0 bridgehead atoms. The highest BCUT2D eigenvalue weighted by atomic mass is 16.5. The number of amides is 1. The number of nitrogens with zero attached hydrogens (tertiary/aromatic N) is 3. The first-order valence-electron chi connectivity index (χ1n) is 5.80. The Bertz CT molecular complexity index is 625. The molecule has 0 saturated carbocycles. The zero-order chi connectivity index (χ0) is 14.7. The average Bonchev–Trinajstić information content (AvgIpc) is 2.86. The number of rotatable bonds is 4. The van der Waals surface area contributed by atoms with Crippen molar-refractivity contribution in [3.05, 3.63) is 29.6 Å². The minimum absolute atomic E-state index is 0.0213. The molecule has 2 rings (SSSR count). The van der Waals surface area contributed by atoms with Crippen molar-refractivity contribution in [2.75, 3.05) is 19.9 Å². The number of ether oxygens (including phenoxy) is 1. The maximum Gasteiger partial charge on any atom is 0.291 e. The fourth-order valence-corrected chi connectivity index (χ4v) is 1.72. The van der Waals surface area contributed by atoms with Crippen LogP contribution in [0.2, 0.25) is 0 Å². The van der Waals surface area contributed by atoms with Crippen LogP contribution >= 0.6 is 0 Å². The number of aromatic hydroxyl groups is 1. The van der Waals surface area contributed by atoms with E-state index in [0.717, 1.165) is 5.56 Å². The van der Waals surface area contributed by atoms with Crippen molar-refractivity contribution in [3.63, 3.8) is 0 Å². The van der Waals surface area contributed by atoms with Crippen LogP contribution in [0.3, 0.4) is 0 Å². The fraction of sp³-hybridized carbons (Fsp3) is 0.250.